The van der Waals surface area contributed by atoms with Crippen molar-refractivity contribution in [2.75, 3.05) is 0 Å². The number of H-pyrrole nitrogens is 1. The molecule has 110 valence electrons. The molecule has 3 aromatic rings. The predicted molar refractivity (Wildman–Crippen MR) is 88.5 cm³/mol. The summed E-state index contributed by atoms with van der Waals surface area (Å²) in [6, 6.07) is 17.7. The number of nitrogens with one attached hydrogen (secondary N) is 1. The molecule has 0 saturated carbocycles. The van der Waals surface area contributed by atoms with E-state index in [0.717, 1.165) is 26.6 Å². The summed E-state index contributed by atoms with van der Waals surface area (Å²) in [5, 5.41) is 10.4. The van der Waals surface area contributed by atoms with E-state index in [9.17, 15) is 5.26 Å². The third kappa shape index (κ3) is 2.31. The number of hydrogen-bond acceptors (Lipinski definition) is 5. The normalized spacial score (nSPS) is 16.5. The summed E-state index contributed by atoms with van der Waals surface area (Å²) in [5.74, 6) is -0.413. The molecule has 0 radical (unpaired) electrons. The number of nitrogens with two attached hydrogens (primary N) is 1. The van der Waals surface area contributed by atoms with Crippen LogP contribution in [-0.2, 0) is 0 Å². The van der Waals surface area contributed by atoms with Gasteiger partial charge in [0.05, 0.1) is 11.8 Å². The Hall–Kier alpha value is -2.91. The number of rotatable bonds is 0. The summed E-state index contributed by atoms with van der Waals surface area (Å²) in [6.07, 6.45) is 0. The number of nitrogens with zero attached hydrogens (tertiary/aromatic N) is 3. The van der Waals surface area contributed by atoms with Gasteiger partial charge in [0.25, 0.3) is 5.03 Å². The molecule has 1 atom stereocenters. The molecule has 1 aromatic heterocycles. The van der Waals surface area contributed by atoms with Gasteiger partial charge < -0.3 is 5.73 Å². The fourth-order valence-electron chi connectivity index (χ4n) is 2.53. The lowest BCUT2D eigenvalue weighted by Gasteiger charge is -2.14. The average molecular weight is 318 g/mol. The molecule has 1 aliphatic rings. The highest BCUT2D eigenvalue weighted by Crippen LogP contribution is 2.38. The van der Waals surface area contributed by atoms with Crippen LogP contribution in [0.15, 0.2) is 63.4 Å². The van der Waals surface area contributed by atoms with Crippen molar-refractivity contribution in [1.82, 2.24) is 4.98 Å². The first-order valence-corrected chi connectivity index (χ1v) is 7.90. The number of aliphatic imine (C=N–C) groups is 1. The number of aromatic nitrogens is 2. The minimum absolute atomic E-state index is 0.262. The fourth-order valence-corrected chi connectivity index (χ4v) is 3.55. The Morgan fingerprint density at radius 2 is 1.91 bits per heavy atom. The van der Waals surface area contributed by atoms with Gasteiger partial charge in [-0.2, -0.15) is 10.2 Å². The molecule has 0 amide bonds. The molecule has 2 heterocycles. The Labute approximate surface area is 136 Å². The summed E-state index contributed by atoms with van der Waals surface area (Å²) >= 11 is 1.52. The predicted octanol–water partition coefficient (Wildman–Crippen LogP) is 2.81. The van der Waals surface area contributed by atoms with Gasteiger partial charge in [-0.15, -0.1) is 0 Å². The average Bonchev–Trinajstić information content (AvgIpc) is 2.56. The van der Waals surface area contributed by atoms with Gasteiger partial charge in [-0.1, -0.05) is 24.3 Å². The van der Waals surface area contributed by atoms with E-state index in [2.05, 4.69) is 21.0 Å². The van der Waals surface area contributed by atoms with Gasteiger partial charge in [0.1, 0.15) is 17.0 Å². The SMILES string of the molecule is N#CC1C(N)=Nc2ccccc2Sc2[nH+]c3ccccc3nc21. The zero-order chi connectivity index (χ0) is 15.8. The maximum atomic E-state index is 9.57. The van der Waals surface area contributed by atoms with Crippen LogP contribution in [-0.4, -0.2) is 10.8 Å². The highest BCUT2D eigenvalue weighted by Gasteiger charge is 2.29. The fraction of sp³-hybridized carbons (Fsp3) is 0.0588. The topological polar surface area (TPSA) is 89.2 Å². The first-order valence-electron chi connectivity index (χ1n) is 7.09. The van der Waals surface area contributed by atoms with Crippen molar-refractivity contribution < 1.29 is 4.98 Å². The highest BCUT2D eigenvalue weighted by molar-refractivity contribution is 7.99. The van der Waals surface area contributed by atoms with Crippen LogP contribution in [0.4, 0.5) is 5.69 Å². The molecular weight excluding hydrogens is 306 g/mol. The molecule has 5 nitrogen and oxygen atoms in total. The number of benzene rings is 2. The zero-order valence-electron chi connectivity index (χ0n) is 12.0. The maximum absolute atomic E-state index is 9.57. The van der Waals surface area contributed by atoms with E-state index in [0.29, 0.717) is 5.69 Å². The summed E-state index contributed by atoms with van der Waals surface area (Å²) in [6.45, 7) is 0. The van der Waals surface area contributed by atoms with Crippen molar-refractivity contribution in [3.8, 4) is 6.07 Å². The van der Waals surface area contributed by atoms with E-state index < -0.39 is 5.92 Å². The second kappa shape index (κ2) is 5.38. The van der Waals surface area contributed by atoms with Crippen molar-refractivity contribution in [3.63, 3.8) is 0 Å². The minimum atomic E-state index is -0.674. The van der Waals surface area contributed by atoms with Gasteiger partial charge >= 0.3 is 0 Å². The van der Waals surface area contributed by atoms with Crippen LogP contribution >= 0.6 is 11.8 Å². The molecule has 6 heteroatoms. The Kier molecular flexibility index (Phi) is 3.21. The Morgan fingerprint density at radius 3 is 2.78 bits per heavy atom. The molecule has 2 aromatic carbocycles. The van der Waals surface area contributed by atoms with Gasteiger partial charge in [0, 0.05) is 11.0 Å². The lowest BCUT2D eigenvalue weighted by molar-refractivity contribution is -0.397. The number of nitriles is 1. The second-order valence-corrected chi connectivity index (χ2v) is 6.19. The molecule has 0 spiro atoms. The molecule has 0 aliphatic carbocycles. The molecule has 3 N–H and O–H groups in total. The summed E-state index contributed by atoms with van der Waals surface area (Å²) in [7, 11) is 0. The number of aromatic amines is 1. The first kappa shape index (κ1) is 13.7. The number of amidine groups is 1. The Morgan fingerprint density at radius 1 is 1.13 bits per heavy atom. The molecule has 0 bridgehead atoms. The molecule has 0 saturated heterocycles. The smallest absolute Gasteiger partial charge is 0.267 e. The van der Waals surface area contributed by atoms with E-state index in [-0.39, 0.29) is 5.84 Å². The Balaban J connectivity index is 2.03. The quantitative estimate of drug-likeness (QED) is 0.690. The lowest BCUT2D eigenvalue weighted by Crippen LogP contribution is -2.26. The van der Waals surface area contributed by atoms with E-state index in [1.807, 2.05) is 48.5 Å². The van der Waals surface area contributed by atoms with Crippen molar-refractivity contribution in [3.05, 3.63) is 54.2 Å². The Bertz CT molecular complexity index is 990. The van der Waals surface area contributed by atoms with Crippen LogP contribution < -0.4 is 10.7 Å². The second-order valence-electron chi connectivity index (χ2n) is 5.14. The molecule has 1 unspecified atom stereocenters. The summed E-state index contributed by atoms with van der Waals surface area (Å²) in [5.41, 5.74) is 9.20. The van der Waals surface area contributed by atoms with Crippen molar-refractivity contribution in [1.29, 1.82) is 5.26 Å². The van der Waals surface area contributed by atoms with E-state index in [1.165, 1.54) is 11.8 Å². The molecule has 1 aliphatic heterocycles. The minimum Gasteiger partial charge on any atom is -0.386 e. The van der Waals surface area contributed by atoms with Crippen LogP contribution in [0.25, 0.3) is 11.0 Å². The van der Waals surface area contributed by atoms with Gasteiger partial charge in [-0.05, 0) is 30.0 Å². The van der Waals surface area contributed by atoms with E-state index in [4.69, 9.17) is 5.73 Å². The molecule has 0 fully saturated rings. The van der Waals surface area contributed by atoms with E-state index >= 15 is 0 Å². The van der Waals surface area contributed by atoms with Crippen molar-refractivity contribution in [2.24, 2.45) is 10.7 Å². The van der Waals surface area contributed by atoms with Crippen LogP contribution in [0.3, 0.4) is 0 Å². The third-order valence-electron chi connectivity index (χ3n) is 3.65. The molecular formula is C17H12N5S+. The van der Waals surface area contributed by atoms with Crippen molar-refractivity contribution in [2.45, 2.75) is 15.8 Å². The molecule has 23 heavy (non-hydrogen) atoms. The third-order valence-corrected chi connectivity index (χ3v) is 4.73. The molecule has 4 rings (SSSR count). The lowest BCUT2D eigenvalue weighted by atomic mass is 10.1. The van der Waals surface area contributed by atoms with E-state index in [1.54, 1.807) is 0 Å². The van der Waals surface area contributed by atoms with Gasteiger partial charge in [0.15, 0.2) is 5.92 Å². The van der Waals surface area contributed by atoms with Gasteiger partial charge in [0.2, 0.25) is 5.52 Å². The van der Waals surface area contributed by atoms with Crippen molar-refractivity contribution >= 4 is 34.3 Å². The number of fused-ring (bicyclic) bond motifs is 3. The van der Waals surface area contributed by atoms with Crippen LogP contribution in [0.2, 0.25) is 0 Å². The van der Waals surface area contributed by atoms with Crippen LogP contribution in [0, 0.1) is 11.3 Å². The van der Waals surface area contributed by atoms with Gasteiger partial charge in [-0.25, -0.2) is 9.98 Å². The summed E-state index contributed by atoms with van der Waals surface area (Å²) in [4.78, 5) is 13.4. The standard InChI is InChI=1S/C17H11N5S/c18-9-10-15-17(22-12-6-2-1-5-11(12)20-15)23-14-8-4-3-7-13(14)21-16(10)19/h1-8,10H,(H2,19,21)/p+1. The zero-order valence-corrected chi connectivity index (χ0v) is 12.8. The highest BCUT2D eigenvalue weighted by atomic mass is 32.2. The number of hydrogen-bond donors (Lipinski definition) is 1. The largest absolute Gasteiger partial charge is 0.386 e. The van der Waals surface area contributed by atoms with Crippen LogP contribution in [0.1, 0.15) is 11.6 Å². The number of para-hydroxylation sites is 3. The van der Waals surface area contributed by atoms with Crippen LogP contribution in [0.5, 0.6) is 0 Å². The maximum Gasteiger partial charge on any atom is 0.267 e. The van der Waals surface area contributed by atoms with Gasteiger partial charge in [-0.3, -0.25) is 0 Å². The summed E-state index contributed by atoms with van der Waals surface area (Å²) < 4.78 is 0. The monoisotopic (exact) mass is 318 g/mol. The first-order chi connectivity index (χ1) is 11.3.